The van der Waals surface area contributed by atoms with E-state index in [4.69, 9.17) is 5.73 Å². The zero-order chi connectivity index (χ0) is 10.9. The molecule has 1 fully saturated rings. The number of nitrogens with one attached hydrogen (secondary N) is 1. The Morgan fingerprint density at radius 2 is 2.33 bits per heavy atom. The van der Waals surface area contributed by atoms with E-state index >= 15 is 0 Å². The first-order valence-electron chi connectivity index (χ1n) is 4.86. The molecule has 15 heavy (non-hydrogen) atoms. The monoisotopic (exact) mass is 273 g/mol. The van der Waals surface area contributed by atoms with Crippen LogP contribution in [0.5, 0.6) is 0 Å². The van der Waals surface area contributed by atoms with Crippen LogP contribution in [0.2, 0.25) is 0 Å². The molecule has 5 heteroatoms. The van der Waals surface area contributed by atoms with E-state index in [1.54, 1.807) is 6.20 Å². The van der Waals surface area contributed by atoms with Crippen molar-refractivity contribution in [1.29, 1.82) is 0 Å². The van der Waals surface area contributed by atoms with Gasteiger partial charge in [0.2, 0.25) is 0 Å². The maximum absolute atomic E-state index is 12.6. The van der Waals surface area contributed by atoms with Crippen LogP contribution in [0.15, 0.2) is 16.7 Å². The normalized spacial score (nSPS) is 17.5. The Labute approximate surface area is 96.4 Å². The van der Waals surface area contributed by atoms with Crippen molar-refractivity contribution in [3.63, 3.8) is 0 Å². The first-order chi connectivity index (χ1) is 7.15. The quantitative estimate of drug-likeness (QED) is 0.887. The second-order valence-electron chi connectivity index (χ2n) is 4.07. The SMILES string of the molecule is Nc1ncc(Br)cc1NCC1(CF)CC1. The number of aromatic nitrogens is 1. The Bertz CT molecular complexity index is 366. The standard InChI is InChI=1S/C10H13BrFN3/c11-7-3-8(9(13)14-4-7)15-6-10(5-12)1-2-10/h3-4,15H,1-2,5-6H2,(H2,13,14). The number of nitrogen functional groups attached to an aromatic ring is 1. The van der Waals surface area contributed by atoms with Gasteiger partial charge in [-0.2, -0.15) is 0 Å². The maximum atomic E-state index is 12.6. The van der Waals surface area contributed by atoms with Crippen LogP contribution in [0.3, 0.4) is 0 Å². The molecule has 0 unspecified atom stereocenters. The minimum absolute atomic E-state index is 0.144. The van der Waals surface area contributed by atoms with E-state index in [1.165, 1.54) is 0 Å². The highest BCUT2D eigenvalue weighted by Crippen LogP contribution is 2.46. The smallest absolute Gasteiger partial charge is 0.146 e. The molecule has 0 saturated heterocycles. The predicted molar refractivity (Wildman–Crippen MR) is 62.5 cm³/mol. The number of nitrogens with two attached hydrogens (primary N) is 1. The van der Waals surface area contributed by atoms with Gasteiger partial charge in [0, 0.05) is 22.6 Å². The van der Waals surface area contributed by atoms with Crippen molar-refractivity contribution >= 4 is 27.4 Å². The summed E-state index contributed by atoms with van der Waals surface area (Å²) in [6.07, 6.45) is 3.55. The van der Waals surface area contributed by atoms with Crippen LogP contribution in [0, 0.1) is 5.41 Å². The van der Waals surface area contributed by atoms with Gasteiger partial charge in [-0.15, -0.1) is 0 Å². The average Bonchev–Trinajstić information content (AvgIpc) is 3.00. The molecule has 0 spiro atoms. The third-order valence-corrected chi connectivity index (χ3v) is 3.21. The molecule has 0 aromatic carbocycles. The van der Waals surface area contributed by atoms with Crippen LogP contribution in [-0.2, 0) is 0 Å². The van der Waals surface area contributed by atoms with Crippen molar-refractivity contribution in [2.45, 2.75) is 12.8 Å². The zero-order valence-electron chi connectivity index (χ0n) is 8.26. The van der Waals surface area contributed by atoms with E-state index in [2.05, 4.69) is 26.2 Å². The van der Waals surface area contributed by atoms with Crippen LogP contribution in [-0.4, -0.2) is 18.2 Å². The summed E-state index contributed by atoms with van der Waals surface area (Å²) in [4.78, 5) is 4.00. The summed E-state index contributed by atoms with van der Waals surface area (Å²) in [6, 6.07) is 1.86. The number of anilines is 2. The number of alkyl halides is 1. The molecule has 0 amide bonds. The predicted octanol–water partition coefficient (Wildman–Crippen LogP) is 2.59. The lowest BCUT2D eigenvalue weighted by Crippen LogP contribution is -2.18. The highest BCUT2D eigenvalue weighted by Gasteiger charge is 2.42. The van der Waals surface area contributed by atoms with Crippen LogP contribution in [0.25, 0.3) is 0 Å². The lowest BCUT2D eigenvalue weighted by Gasteiger charge is -2.14. The molecule has 0 aliphatic heterocycles. The molecular weight excluding hydrogens is 261 g/mol. The molecule has 1 aromatic rings. The first-order valence-corrected chi connectivity index (χ1v) is 5.65. The van der Waals surface area contributed by atoms with Gasteiger partial charge in [-0.25, -0.2) is 4.98 Å². The molecule has 1 aliphatic carbocycles. The summed E-state index contributed by atoms with van der Waals surface area (Å²) in [5.41, 5.74) is 6.32. The maximum Gasteiger partial charge on any atom is 0.146 e. The Balaban J connectivity index is 2.01. The first kappa shape index (κ1) is 10.7. The van der Waals surface area contributed by atoms with Crippen LogP contribution < -0.4 is 11.1 Å². The number of hydrogen-bond acceptors (Lipinski definition) is 3. The molecule has 1 aliphatic rings. The Hall–Kier alpha value is -0.840. The molecule has 1 saturated carbocycles. The molecule has 0 radical (unpaired) electrons. The van der Waals surface area contributed by atoms with Crippen LogP contribution >= 0.6 is 15.9 Å². The van der Waals surface area contributed by atoms with E-state index in [-0.39, 0.29) is 12.1 Å². The van der Waals surface area contributed by atoms with Crippen LogP contribution in [0.4, 0.5) is 15.9 Å². The molecular formula is C10H13BrFN3. The van der Waals surface area contributed by atoms with Gasteiger partial charge in [0.1, 0.15) is 5.82 Å². The second-order valence-corrected chi connectivity index (χ2v) is 4.99. The van der Waals surface area contributed by atoms with Crippen molar-refractivity contribution in [2.24, 2.45) is 5.41 Å². The van der Waals surface area contributed by atoms with Gasteiger partial charge in [-0.1, -0.05) is 0 Å². The number of pyridine rings is 1. The summed E-state index contributed by atoms with van der Waals surface area (Å²) in [5.74, 6) is 0.452. The van der Waals surface area contributed by atoms with E-state index in [1.807, 2.05) is 6.07 Å². The molecule has 2 rings (SSSR count). The number of nitrogens with zero attached hydrogens (tertiary/aromatic N) is 1. The van der Waals surface area contributed by atoms with E-state index in [9.17, 15) is 4.39 Å². The number of halogens is 2. The van der Waals surface area contributed by atoms with Crippen molar-refractivity contribution in [2.75, 3.05) is 24.3 Å². The Morgan fingerprint density at radius 1 is 1.60 bits per heavy atom. The lowest BCUT2D eigenvalue weighted by molar-refractivity contribution is 0.356. The van der Waals surface area contributed by atoms with Gasteiger partial charge in [0.15, 0.2) is 0 Å². The molecule has 0 bridgehead atoms. The summed E-state index contributed by atoms with van der Waals surface area (Å²) >= 11 is 3.32. The van der Waals surface area contributed by atoms with Gasteiger partial charge < -0.3 is 11.1 Å². The molecule has 82 valence electrons. The van der Waals surface area contributed by atoms with Gasteiger partial charge in [-0.3, -0.25) is 4.39 Å². The summed E-state index contributed by atoms with van der Waals surface area (Å²) in [7, 11) is 0. The fourth-order valence-corrected chi connectivity index (χ4v) is 1.74. The molecule has 1 heterocycles. The minimum Gasteiger partial charge on any atom is -0.382 e. The Kier molecular flexibility index (Phi) is 2.82. The summed E-state index contributed by atoms with van der Waals surface area (Å²) < 4.78 is 13.5. The molecule has 0 atom stereocenters. The summed E-state index contributed by atoms with van der Waals surface area (Å²) in [6.45, 7) is 0.368. The second kappa shape index (κ2) is 3.96. The van der Waals surface area contributed by atoms with Crippen molar-refractivity contribution in [3.05, 3.63) is 16.7 Å². The average molecular weight is 274 g/mol. The topological polar surface area (TPSA) is 50.9 Å². The Morgan fingerprint density at radius 3 is 2.93 bits per heavy atom. The van der Waals surface area contributed by atoms with Gasteiger partial charge >= 0.3 is 0 Å². The van der Waals surface area contributed by atoms with Crippen LogP contribution in [0.1, 0.15) is 12.8 Å². The van der Waals surface area contributed by atoms with E-state index in [0.717, 1.165) is 23.0 Å². The third kappa shape index (κ3) is 2.40. The third-order valence-electron chi connectivity index (χ3n) is 2.78. The van der Waals surface area contributed by atoms with Gasteiger partial charge in [0.05, 0.1) is 12.4 Å². The number of hydrogen-bond donors (Lipinski definition) is 2. The fraction of sp³-hybridized carbons (Fsp3) is 0.500. The zero-order valence-corrected chi connectivity index (χ0v) is 9.85. The minimum atomic E-state index is -0.263. The molecule has 3 N–H and O–H groups in total. The van der Waals surface area contributed by atoms with Crippen molar-refractivity contribution in [1.82, 2.24) is 4.98 Å². The highest BCUT2D eigenvalue weighted by molar-refractivity contribution is 9.10. The lowest BCUT2D eigenvalue weighted by atomic mass is 10.1. The van der Waals surface area contributed by atoms with E-state index < -0.39 is 0 Å². The van der Waals surface area contributed by atoms with Gasteiger partial charge in [-0.05, 0) is 34.8 Å². The highest BCUT2D eigenvalue weighted by atomic mass is 79.9. The summed E-state index contributed by atoms with van der Waals surface area (Å²) in [5, 5.41) is 3.15. The molecule has 1 aromatic heterocycles. The van der Waals surface area contributed by atoms with Crippen molar-refractivity contribution < 1.29 is 4.39 Å². The van der Waals surface area contributed by atoms with Crippen molar-refractivity contribution in [3.8, 4) is 0 Å². The van der Waals surface area contributed by atoms with E-state index in [0.29, 0.717) is 12.4 Å². The fourth-order valence-electron chi connectivity index (χ4n) is 1.41. The number of rotatable bonds is 4. The largest absolute Gasteiger partial charge is 0.382 e. The van der Waals surface area contributed by atoms with Gasteiger partial charge in [0.25, 0.3) is 0 Å². The molecule has 3 nitrogen and oxygen atoms in total.